The molecule has 0 amide bonds. The van der Waals surface area contributed by atoms with Gasteiger partial charge in [-0.2, -0.15) is 0 Å². The van der Waals surface area contributed by atoms with Crippen LogP contribution in [0.25, 0.3) is 0 Å². The first-order chi connectivity index (χ1) is 41.1. The topological polar surface area (TPSA) is 19.0 Å². The molecule has 0 radical (unpaired) electrons. The molecular weight excluding hydrogens is 946 g/mol. The summed E-state index contributed by atoms with van der Waals surface area (Å²) >= 11 is 0. The number of hydrogen-bond acceptors (Lipinski definition) is 4. The maximum Gasteiger partial charge on any atom is 0.252 e. The number of hydrogen-bond donors (Lipinski definition) is 0. The summed E-state index contributed by atoms with van der Waals surface area (Å²) in [6.45, 7) is 15.5. The van der Waals surface area contributed by atoms with Gasteiger partial charge < -0.3 is 19.4 Å². The molecule has 0 saturated heterocycles. The van der Waals surface area contributed by atoms with Gasteiger partial charge in [-0.15, -0.1) is 0 Å². The summed E-state index contributed by atoms with van der Waals surface area (Å²) in [5, 5.41) is 0. The quantitative estimate of drug-likeness (QED) is 0.160. The van der Waals surface area contributed by atoms with Gasteiger partial charge in [0, 0.05) is 50.7 Å². The summed E-state index contributed by atoms with van der Waals surface area (Å²) in [6.07, 6.45) is 0. The molecule has 0 aliphatic carbocycles. The van der Waals surface area contributed by atoms with Crippen molar-refractivity contribution in [2.24, 2.45) is 0 Å². The van der Waals surface area contributed by atoms with Crippen LogP contribution in [0.5, 0.6) is 11.5 Å². The molecule has 10 aromatic carbocycles. The third kappa shape index (κ3) is 6.08. The first kappa shape index (κ1) is 38.9. The number of nitrogens with zero attached hydrogens (tertiary/aromatic N) is 3. The minimum Gasteiger partial charge on any atom is -0.457 e. The fourth-order valence-corrected chi connectivity index (χ4v) is 14.2. The average molecular weight is 1020 g/mol. The van der Waals surface area contributed by atoms with Crippen LogP contribution in [0.3, 0.4) is 0 Å². The lowest BCUT2D eigenvalue weighted by Gasteiger charge is -2.54. The van der Waals surface area contributed by atoms with Crippen LogP contribution < -0.4 is 35.8 Å². The molecule has 4 nitrogen and oxygen atoms in total. The van der Waals surface area contributed by atoms with Crippen molar-refractivity contribution in [1.82, 2.24) is 0 Å². The number of ether oxygens (including phenoxy) is 1. The standard InChI is InChI=1S/C73H62BN3O/c1-69(2,3)47-37-41-51(42-38-47)75(52-43-39-48(40-44-52)70(4,5)6)53-45-62-66-63(46-53)77-68-57(71(7,49-23-11-9-12-24-49)72(77,8)50-25-13-10-14-26-50)30-21-33-60(68)74(66)59-32-22-31-58-67(59)76(62)61-34-18-15-27-54(61)73(58)55-28-16-19-35-64(55)78-65-36-20-17-29-56(65)73/h9-46H,1-8H3/i37D,38D,39D,40D,41D,42D,43D,44D. The number of anilines is 8. The van der Waals surface area contributed by atoms with E-state index < -0.39 is 27.2 Å². The second-order valence-corrected chi connectivity index (χ2v) is 24.1. The fourth-order valence-electron chi connectivity index (χ4n) is 14.2. The Morgan fingerprint density at radius 3 is 1.50 bits per heavy atom. The summed E-state index contributed by atoms with van der Waals surface area (Å²) < 4.78 is 86.6. The summed E-state index contributed by atoms with van der Waals surface area (Å²) in [4.78, 5) is 6.40. The smallest absolute Gasteiger partial charge is 0.252 e. The molecule has 10 aromatic rings. The second kappa shape index (κ2) is 16.3. The van der Waals surface area contributed by atoms with Crippen LogP contribution in [0.15, 0.2) is 230 Å². The predicted octanol–water partition coefficient (Wildman–Crippen LogP) is 16.5. The highest BCUT2D eigenvalue weighted by Crippen LogP contribution is 2.66. The molecule has 0 fully saturated rings. The first-order valence-electron chi connectivity index (χ1n) is 31.2. The van der Waals surface area contributed by atoms with Crippen LogP contribution in [0.4, 0.5) is 45.5 Å². The van der Waals surface area contributed by atoms with Gasteiger partial charge in [-0.3, -0.25) is 0 Å². The first-order valence-corrected chi connectivity index (χ1v) is 27.2. The summed E-state index contributed by atoms with van der Waals surface area (Å²) in [7, 11) is 0. The molecule has 0 N–H and O–H groups in total. The molecule has 1 spiro atoms. The normalized spacial score (nSPS) is 19.9. The van der Waals surface area contributed by atoms with E-state index in [2.05, 4.69) is 181 Å². The molecule has 0 saturated carbocycles. The largest absolute Gasteiger partial charge is 0.457 e. The van der Waals surface area contributed by atoms with Crippen LogP contribution >= 0.6 is 0 Å². The maximum absolute atomic E-state index is 10.2. The zero-order valence-corrected chi connectivity index (χ0v) is 45.1. The molecule has 2 unspecified atom stereocenters. The molecule has 0 bridgehead atoms. The lowest BCUT2D eigenvalue weighted by molar-refractivity contribution is 0.336. The highest BCUT2D eigenvalue weighted by molar-refractivity contribution is 7.00. The molecule has 2 atom stereocenters. The van der Waals surface area contributed by atoms with Crippen molar-refractivity contribution in [3.8, 4) is 11.5 Å². The Morgan fingerprint density at radius 2 is 0.923 bits per heavy atom. The van der Waals surface area contributed by atoms with Gasteiger partial charge in [0.25, 0.3) is 6.71 Å². The van der Waals surface area contributed by atoms with Gasteiger partial charge in [-0.1, -0.05) is 217 Å². The van der Waals surface area contributed by atoms with E-state index in [4.69, 9.17) is 4.74 Å². The van der Waals surface area contributed by atoms with Crippen LogP contribution in [-0.2, 0) is 27.2 Å². The molecule has 5 aliphatic heterocycles. The van der Waals surface area contributed by atoms with Gasteiger partial charge in [-0.05, 0) is 135 Å². The van der Waals surface area contributed by atoms with Gasteiger partial charge >= 0.3 is 0 Å². The van der Waals surface area contributed by atoms with Gasteiger partial charge in [0.05, 0.1) is 33.3 Å². The zero-order valence-electron chi connectivity index (χ0n) is 53.1. The van der Waals surface area contributed by atoms with E-state index >= 15 is 0 Å². The minimum absolute atomic E-state index is 0.190. The van der Waals surface area contributed by atoms with Crippen molar-refractivity contribution >= 4 is 68.6 Å². The molecule has 15 rings (SSSR count). The van der Waals surface area contributed by atoms with Crippen LogP contribution in [0.1, 0.15) is 116 Å². The Bertz CT molecular complexity index is 4410. The van der Waals surface area contributed by atoms with Crippen molar-refractivity contribution in [3.05, 3.63) is 280 Å². The van der Waals surface area contributed by atoms with Crippen LogP contribution in [0.2, 0.25) is 0 Å². The van der Waals surface area contributed by atoms with E-state index in [9.17, 15) is 11.0 Å². The average Bonchev–Trinajstić information content (AvgIpc) is 2.43. The van der Waals surface area contributed by atoms with Crippen LogP contribution in [0, 0.1) is 0 Å². The molecule has 5 heterocycles. The van der Waals surface area contributed by atoms with Gasteiger partial charge in [-0.25, -0.2) is 0 Å². The van der Waals surface area contributed by atoms with Crippen molar-refractivity contribution < 1.29 is 15.7 Å². The van der Waals surface area contributed by atoms with Gasteiger partial charge in [0.1, 0.15) is 11.5 Å². The number of para-hydroxylation sites is 5. The Morgan fingerprint density at radius 1 is 0.449 bits per heavy atom. The molecule has 378 valence electrons. The highest BCUT2D eigenvalue weighted by Gasteiger charge is 2.63. The SMILES string of the molecule is [2H]c1c([2H])c(C(C)(C)C)c([2H])c([2H])c1N(c1cc2c3c(c1)N1c4c(cccc4C(C)(c4ccccc4)C1(C)c1ccccc1)B3c1cccc3c1N2c1ccccc1C31c2ccccc2Oc2ccccc21)c1c([2H])c([2H])c(C(C)(C)C)c([2H])c1[2H]. The summed E-state index contributed by atoms with van der Waals surface area (Å²) in [5.74, 6) is 1.51. The Labute approximate surface area is 471 Å². The minimum atomic E-state index is -0.895. The highest BCUT2D eigenvalue weighted by atomic mass is 16.5. The molecule has 0 aromatic heterocycles. The van der Waals surface area contributed by atoms with E-state index in [1.165, 1.54) is 4.90 Å². The Kier molecular flexibility index (Phi) is 8.11. The van der Waals surface area contributed by atoms with E-state index in [1.807, 2.05) is 65.8 Å². The fraction of sp³-hybridized carbons (Fsp3) is 0.178. The molecular formula is C73H62BN3O. The van der Waals surface area contributed by atoms with Crippen molar-refractivity contribution in [1.29, 1.82) is 0 Å². The van der Waals surface area contributed by atoms with Gasteiger partial charge in [0.15, 0.2) is 0 Å². The number of fused-ring (bicyclic) bond motifs is 12. The van der Waals surface area contributed by atoms with E-state index in [0.717, 1.165) is 95.3 Å². The van der Waals surface area contributed by atoms with Crippen molar-refractivity contribution in [2.75, 3.05) is 14.7 Å². The molecule has 5 heteroatoms. The summed E-state index contributed by atoms with van der Waals surface area (Å²) in [5.41, 5.74) is 11.3. The Balaban J connectivity index is 1.15. The van der Waals surface area contributed by atoms with Crippen LogP contribution in [-0.4, -0.2) is 6.71 Å². The zero-order chi connectivity index (χ0) is 60.1. The molecule has 78 heavy (non-hydrogen) atoms. The lowest BCUT2D eigenvalue weighted by Crippen LogP contribution is -2.64. The third-order valence-corrected chi connectivity index (χ3v) is 17.9. The maximum atomic E-state index is 10.2. The lowest BCUT2D eigenvalue weighted by atomic mass is 9.33. The van der Waals surface area contributed by atoms with Crippen molar-refractivity contribution in [2.45, 2.75) is 82.6 Å². The van der Waals surface area contributed by atoms with E-state index in [0.29, 0.717) is 5.69 Å². The third-order valence-electron chi connectivity index (χ3n) is 17.9. The molecule has 5 aliphatic rings. The number of rotatable bonds is 5. The predicted molar refractivity (Wildman–Crippen MR) is 325 cm³/mol. The van der Waals surface area contributed by atoms with E-state index in [1.54, 1.807) is 0 Å². The van der Waals surface area contributed by atoms with E-state index in [-0.39, 0.29) is 77.6 Å². The van der Waals surface area contributed by atoms with Crippen molar-refractivity contribution in [3.63, 3.8) is 0 Å². The number of benzene rings is 10. The Hall–Kier alpha value is -8.54. The van der Waals surface area contributed by atoms with Gasteiger partial charge in [0.2, 0.25) is 0 Å². The summed E-state index contributed by atoms with van der Waals surface area (Å²) in [6, 6.07) is 61.7. The second-order valence-electron chi connectivity index (χ2n) is 24.1. The monoisotopic (exact) mass is 1020 g/mol.